The van der Waals surface area contributed by atoms with E-state index in [-0.39, 0.29) is 6.10 Å². The lowest BCUT2D eigenvalue weighted by Crippen LogP contribution is -2.10. The van der Waals surface area contributed by atoms with Crippen LogP contribution in [0, 0.1) is 5.92 Å². The van der Waals surface area contributed by atoms with Gasteiger partial charge in [0.25, 0.3) is 0 Å². The molecule has 0 aromatic heterocycles. The van der Waals surface area contributed by atoms with Gasteiger partial charge in [0, 0.05) is 6.42 Å². The van der Waals surface area contributed by atoms with Gasteiger partial charge in [0.05, 0.1) is 6.10 Å². The summed E-state index contributed by atoms with van der Waals surface area (Å²) in [6.07, 6.45) is 13.8. The van der Waals surface area contributed by atoms with Gasteiger partial charge in [-0.15, -0.1) is 0 Å². The number of carboxylic acid groups (broad SMARTS) is 1. The predicted octanol–water partition coefficient (Wildman–Crippen LogP) is 4.57. The molecular formula is C17H32O3. The molecule has 118 valence electrons. The van der Waals surface area contributed by atoms with Crippen molar-refractivity contribution in [3.8, 4) is 0 Å². The second-order valence-corrected chi connectivity index (χ2v) is 5.16. The highest BCUT2D eigenvalue weighted by Crippen LogP contribution is 2.05. The van der Waals surface area contributed by atoms with Crippen molar-refractivity contribution in [2.45, 2.75) is 72.3 Å². The first-order valence-electron chi connectivity index (χ1n) is 7.63. The number of rotatable bonds is 9. The Balaban J connectivity index is 0. The van der Waals surface area contributed by atoms with Gasteiger partial charge in [-0.3, -0.25) is 4.79 Å². The van der Waals surface area contributed by atoms with E-state index in [2.05, 4.69) is 25.2 Å². The number of carboxylic acids is 1. The maximum atomic E-state index is 9.60. The average Bonchev–Trinajstić information content (AvgIpc) is 2.37. The van der Waals surface area contributed by atoms with E-state index >= 15 is 0 Å². The molecule has 1 atom stereocenters. The maximum Gasteiger partial charge on any atom is 0.303 e. The van der Waals surface area contributed by atoms with Crippen LogP contribution in [0.5, 0.6) is 0 Å². The van der Waals surface area contributed by atoms with Crippen LogP contribution >= 0.6 is 0 Å². The fraction of sp³-hybridized carbons (Fsp3) is 0.706. The maximum absolute atomic E-state index is 9.60. The van der Waals surface area contributed by atoms with Crippen molar-refractivity contribution < 1.29 is 15.0 Å². The Kier molecular flexibility index (Phi) is 16.9. The molecule has 3 nitrogen and oxygen atoms in total. The summed E-state index contributed by atoms with van der Waals surface area (Å²) in [6, 6.07) is 0. The molecular weight excluding hydrogens is 252 g/mol. The Morgan fingerprint density at radius 3 is 2.05 bits per heavy atom. The molecule has 0 aliphatic carbocycles. The fourth-order valence-electron chi connectivity index (χ4n) is 1.36. The first kappa shape index (κ1) is 21.2. The molecule has 0 spiro atoms. The summed E-state index contributed by atoms with van der Waals surface area (Å²) in [5.74, 6) is -0.383. The average molecular weight is 284 g/mol. The van der Waals surface area contributed by atoms with Crippen molar-refractivity contribution >= 4 is 5.97 Å². The number of aliphatic hydroxyl groups excluding tert-OH is 1. The van der Waals surface area contributed by atoms with Crippen molar-refractivity contribution in [2.75, 3.05) is 0 Å². The first-order valence-corrected chi connectivity index (χ1v) is 7.63. The molecule has 0 aliphatic heterocycles. The molecule has 0 fully saturated rings. The fourth-order valence-corrected chi connectivity index (χ4v) is 1.36. The van der Waals surface area contributed by atoms with Crippen LogP contribution in [-0.4, -0.2) is 22.3 Å². The molecule has 3 heteroatoms. The summed E-state index contributed by atoms with van der Waals surface area (Å²) in [5.41, 5.74) is 0. The minimum atomic E-state index is -0.711. The van der Waals surface area contributed by atoms with Gasteiger partial charge >= 0.3 is 5.97 Å². The summed E-state index contributed by atoms with van der Waals surface area (Å²) in [7, 11) is 0. The largest absolute Gasteiger partial charge is 0.481 e. The van der Waals surface area contributed by atoms with Gasteiger partial charge in [-0.2, -0.15) is 0 Å². The van der Waals surface area contributed by atoms with Crippen LogP contribution in [0.15, 0.2) is 24.3 Å². The molecule has 0 aromatic carbocycles. The molecule has 0 bridgehead atoms. The molecule has 0 saturated carbocycles. The molecule has 0 amide bonds. The highest BCUT2D eigenvalue weighted by atomic mass is 16.4. The second-order valence-electron chi connectivity index (χ2n) is 5.16. The summed E-state index contributed by atoms with van der Waals surface area (Å²) < 4.78 is 0. The van der Waals surface area contributed by atoms with E-state index in [1.54, 1.807) is 0 Å². The second kappa shape index (κ2) is 16.0. The summed E-state index contributed by atoms with van der Waals surface area (Å²) in [6.45, 7) is 7.95. The van der Waals surface area contributed by atoms with E-state index in [4.69, 9.17) is 5.11 Å². The van der Waals surface area contributed by atoms with Crippen molar-refractivity contribution in [1.82, 2.24) is 0 Å². The zero-order chi connectivity index (χ0) is 15.8. The monoisotopic (exact) mass is 284 g/mol. The van der Waals surface area contributed by atoms with Crippen LogP contribution < -0.4 is 0 Å². The standard InChI is InChI=1S/C13H24O.C4H8O2/c1-4-5-6-7-8-9-10-11-13(14)12(2)3;1-2-3-4(5)6/h4-5,10-14H,6-9H2,1-3H3;2-3H2,1H3,(H,5,6). The Morgan fingerprint density at radius 1 is 1.15 bits per heavy atom. The van der Waals surface area contributed by atoms with Crippen molar-refractivity contribution in [3.63, 3.8) is 0 Å². The Labute approximate surface area is 124 Å². The third-order valence-electron chi connectivity index (χ3n) is 2.71. The first-order chi connectivity index (χ1) is 9.45. The summed E-state index contributed by atoms with van der Waals surface area (Å²) in [4.78, 5) is 9.60. The van der Waals surface area contributed by atoms with Crippen LogP contribution in [0.2, 0.25) is 0 Å². The minimum absolute atomic E-state index is 0.273. The summed E-state index contributed by atoms with van der Waals surface area (Å²) >= 11 is 0. The van der Waals surface area contributed by atoms with Gasteiger partial charge in [-0.25, -0.2) is 0 Å². The molecule has 0 radical (unpaired) electrons. The normalized spacial score (nSPS) is 12.7. The summed E-state index contributed by atoms with van der Waals surface area (Å²) in [5, 5.41) is 17.4. The topological polar surface area (TPSA) is 57.5 Å². The van der Waals surface area contributed by atoms with Crippen molar-refractivity contribution in [1.29, 1.82) is 0 Å². The number of hydrogen-bond acceptors (Lipinski definition) is 2. The van der Waals surface area contributed by atoms with Gasteiger partial charge in [0.1, 0.15) is 0 Å². The molecule has 0 aromatic rings. The zero-order valence-corrected chi connectivity index (χ0v) is 13.5. The van der Waals surface area contributed by atoms with E-state index in [0.29, 0.717) is 12.3 Å². The Morgan fingerprint density at radius 2 is 1.70 bits per heavy atom. The lowest BCUT2D eigenvalue weighted by atomic mass is 10.1. The lowest BCUT2D eigenvalue weighted by Gasteiger charge is -2.08. The van der Waals surface area contributed by atoms with E-state index in [9.17, 15) is 9.90 Å². The number of hydrogen-bond donors (Lipinski definition) is 2. The number of carbonyl (C=O) groups is 1. The van der Waals surface area contributed by atoms with Gasteiger partial charge in [0.2, 0.25) is 0 Å². The van der Waals surface area contributed by atoms with E-state index in [1.165, 1.54) is 19.3 Å². The van der Waals surface area contributed by atoms with E-state index in [1.807, 2.05) is 26.8 Å². The van der Waals surface area contributed by atoms with E-state index in [0.717, 1.165) is 12.8 Å². The third kappa shape index (κ3) is 19.3. The Hall–Kier alpha value is -1.09. The van der Waals surface area contributed by atoms with Crippen LogP contribution in [-0.2, 0) is 4.79 Å². The minimum Gasteiger partial charge on any atom is -0.481 e. The van der Waals surface area contributed by atoms with Crippen molar-refractivity contribution in [2.24, 2.45) is 5.92 Å². The predicted molar refractivity (Wildman–Crippen MR) is 85.8 cm³/mol. The van der Waals surface area contributed by atoms with Crippen molar-refractivity contribution in [3.05, 3.63) is 24.3 Å². The van der Waals surface area contributed by atoms with Crippen LogP contribution in [0.1, 0.15) is 66.2 Å². The van der Waals surface area contributed by atoms with Gasteiger partial charge in [-0.05, 0) is 44.9 Å². The SMILES string of the molecule is CC=CCCCCC=CC(O)C(C)C.CCCC(=O)O. The van der Waals surface area contributed by atoms with Crippen LogP contribution in [0.25, 0.3) is 0 Å². The smallest absolute Gasteiger partial charge is 0.303 e. The lowest BCUT2D eigenvalue weighted by molar-refractivity contribution is -0.137. The van der Waals surface area contributed by atoms with Gasteiger partial charge in [0.15, 0.2) is 0 Å². The van der Waals surface area contributed by atoms with Gasteiger partial charge in [-0.1, -0.05) is 45.1 Å². The quantitative estimate of drug-likeness (QED) is 0.482. The number of aliphatic hydroxyl groups is 1. The molecule has 20 heavy (non-hydrogen) atoms. The Bertz CT molecular complexity index is 267. The molecule has 0 saturated heterocycles. The van der Waals surface area contributed by atoms with E-state index < -0.39 is 5.97 Å². The molecule has 0 heterocycles. The van der Waals surface area contributed by atoms with Crippen LogP contribution in [0.4, 0.5) is 0 Å². The zero-order valence-electron chi connectivity index (χ0n) is 13.5. The highest BCUT2D eigenvalue weighted by Gasteiger charge is 2.02. The number of aliphatic carboxylic acids is 1. The van der Waals surface area contributed by atoms with Crippen LogP contribution in [0.3, 0.4) is 0 Å². The number of unbranched alkanes of at least 4 members (excludes halogenated alkanes) is 3. The highest BCUT2D eigenvalue weighted by molar-refractivity contribution is 5.66. The van der Waals surface area contributed by atoms with Gasteiger partial charge < -0.3 is 10.2 Å². The molecule has 1 unspecified atom stereocenters. The third-order valence-corrected chi connectivity index (χ3v) is 2.71. The number of allylic oxidation sites excluding steroid dienone is 3. The molecule has 2 N–H and O–H groups in total. The molecule has 0 aliphatic rings. The molecule has 0 rings (SSSR count).